The fourth-order valence-corrected chi connectivity index (χ4v) is 6.80. The van der Waals surface area contributed by atoms with Gasteiger partial charge >= 0.3 is 5.97 Å². The SMILES string of the molecule is COC1(Cl)CC(CN2CCC(Cn3cc(-c4c(C(=O)OCC(C)C)[nH]c5ccc(F)cc45)nn3)CC2)=C(C)C=C1c1ccccc1. The molecule has 242 valence electrons. The lowest BCUT2D eigenvalue weighted by Crippen LogP contribution is -2.38. The number of carbonyl (C=O) groups excluding carboxylic acids is 1. The topological polar surface area (TPSA) is 85.3 Å². The van der Waals surface area contributed by atoms with Crippen molar-refractivity contribution < 1.29 is 18.7 Å². The van der Waals surface area contributed by atoms with Crippen molar-refractivity contribution in [2.75, 3.05) is 33.4 Å². The summed E-state index contributed by atoms with van der Waals surface area (Å²) < 4.78 is 27.5. The highest BCUT2D eigenvalue weighted by Crippen LogP contribution is 2.44. The number of rotatable bonds is 10. The number of carbonyl (C=O) groups is 1. The lowest BCUT2D eigenvalue weighted by atomic mass is 9.85. The second-order valence-electron chi connectivity index (χ2n) is 12.9. The molecule has 0 spiro atoms. The Labute approximate surface area is 274 Å². The van der Waals surface area contributed by atoms with Crippen molar-refractivity contribution in [3.05, 3.63) is 89.0 Å². The van der Waals surface area contributed by atoms with Gasteiger partial charge in [0.15, 0.2) is 5.06 Å². The van der Waals surface area contributed by atoms with Crippen LogP contribution < -0.4 is 0 Å². The van der Waals surface area contributed by atoms with Gasteiger partial charge in [-0.15, -0.1) is 5.10 Å². The van der Waals surface area contributed by atoms with Gasteiger partial charge in [0.1, 0.15) is 17.2 Å². The lowest BCUT2D eigenvalue weighted by molar-refractivity contribution is 0.0454. The number of hydrogen-bond donors (Lipinski definition) is 1. The second-order valence-corrected chi connectivity index (χ2v) is 13.5. The van der Waals surface area contributed by atoms with Crippen LogP contribution >= 0.6 is 11.6 Å². The first-order chi connectivity index (χ1) is 22.1. The van der Waals surface area contributed by atoms with Crippen molar-refractivity contribution in [1.82, 2.24) is 24.9 Å². The summed E-state index contributed by atoms with van der Waals surface area (Å²) in [6.45, 7) is 9.90. The van der Waals surface area contributed by atoms with E-state index in [4.69, 9.17) is 21.1 Å². The molecule has 1 aliphatic heterocycles. The first-order valence-electron chi connectivity index (χ1n) is 15.9. The number of aromatic amines is 1. The molecule has 4 aromatic rings. The van der Waals surface area contributed by atoms with Gasteiger partial charge in [-0.05, 0) is 74.0 Å². The highest BCUT2D eigenvalue weighted by Gasteiger charge is 2.37. The van der Waals surface area contributed by atoms with Crippen LogP contribution in [-0.4, -0.2) is 69.3 Å². The van der Waals surface area contributed by atoms with Gasteiger partial charge in [-0.25, -0.2) is 9.18 Å². The molecule has 1 N–H and O–H groups in total. The summed E-state index contributed by atoms with van der Waals surface area (Å²) in [5.41, 5.74) is 6.54. The van der Waals surface area contributed by atoms with Crippen molar-refractivity contribution in [3.63, 3.8) is 0 Å². The number of piperidine rings is 1. The van der Waals surface area contributed by atoms with Gasteiger partial charge in [0, 0.05) is 48.7 Å². The Bertz CT molecular complexity index is 1770. The van der Waals surface area contributed by atoms with Crippen molar-refractivity contribution in [1.29, 1.82) is 0 Å². The minimum Gasteiger partial charge on any atom is -0.461 e. The van der Waals surface area contributed by atoms with Crippen LogP contribution in [0.4, 0.5) is 4.39 Å². The zero-order valence-corrected chi connectivity index (χ0v) is 27.6. The summed E-state index contributed by atoms with van der Waals surface area (Å²) in [5, 5.41) is 8.50. The van der Waals surface area contributed by atoms with Crippen LogP contribution in [0.15, 0.2) is 72.0 Å². The number of likely N-dealkylation sites (tertiary alicyclic amines) is 1. The van der Waals surface area contributed by atoms with Crippen LogP contribution in [0.2, 0.25) is 0 Å². The fourth-order valence-electron chi connectivity index (χ4n) is 6.48. The minimum atomic E-state index is -0.888. The number of methoxy groups -OCH3 is 1. The van der Waals surface area contributed by atoms with E-state index in [1.54, 1.807) is 13.2 Å². The third kappa shape index (κ3) is 6.82. The summed E-state index contributed by atoms with van der Waals surface area (Å²) in [6, 6.07) is 14.6. The van der Waals surface area contributed by atoms with E-state index in [0.717, 1.165) is 43.6 Å². The molecule has 1 saturated heterocycles. The van der Waals surface area contributed by atoms with Crippen molar-refractivity contribution in [3.8, 4) is 11.3 Å². The first kappa shape index (κ1) is 32.2. The maximum absolute atomic E-state index is 14.3. The number of fused-ring (bicyclic) bond motifs is 1. The van der Waals surface area contributed by atoms with E-state index in [9.17, 15) is 9.18 Å². The number of ether oxygens (including phenoxy) is 2. The minimum absolute atomic E-state index is 0.188. The number of nitrogens with one attached hydrogen (secondary N) is 1. The van der Waals surface area contributed by atoms with Gasteiger partial charge in [-0.2, -0.15) is 0 Å². The zero-order valence-electron chi connectivity index (χ0n) is 26.9. The molecule has 1 fully saturated rings. The zero-order chi connectivity index (χ0) is 32.4. The maximum Gasteiger partial charge on any atom is 0.355 e. The van der Waals surface area contributed by atoms with Crippen molar-refractivity contribution in [2.24, 2.45) is 11.8 Å². The van der Waals surface area contributed by atoms with E-state index in [1.165, 1.54) is 23.3 Å². The maximum atomic E-state index is 14.3. The number of alkyl halides is 1. The Hall–Kier alpha value is -3.79. The van der Waals surface area contributed by atoms with E-state index in [1.807, 2.05) is 42.9 Å². The summed E-state index contributed by atoms with van der Waals surface area (Å²) in [7, 11) is 1.68. The second kappa shape index (κ2) is 13.5. The molecule has 2 aliphatic rings. The molecule has 0 bridgehead atoms. The van der Waals surface area contributed by atoms with Crippen LogP contribution in [0.1, 0.15) is 56.1 Å². The molecule has 1 unspecified atom stereocenters. The Balaban J connectivity index is 1.12. The largest absolute Gasteiger partial charge is 0.461 e. The third-order valence-electron chi connectivity index (χ3n) is 9.04. The van der Waals surface area contributed by atoms with E-state index in [2.05, 4.69) is 45.3 Å². The molecular weight excluding hydrogens is 605 g/mol. The normalized spacial score (nSPS) is 19.7. The van der Waals surface area contributed by atoms with Gasteiger partial charge in [0.2, 0.25) is 0 Å². The van der Waals surface area contributed by atoms with Crippen LogP contribution in [0.3, 0.4) is 0 Å². The predicted octanol–water partition coefficient (Wildman–Crippen LogP) is 7.48. The van der Waals surface area contributed by atoms with E-state index < -0.39 is 11.0 Å². The molecule has 6 rings (SSSR count). The number of nitrogens with zero attached hydrogens (tertiary/aromatic N) is 4. The molecule has 3 heterocycles. The Morgan fingerprint density at radius 1 is 1.17 bits per heavy atom. The number of benzene rings is 2. The van der Waals surface area contributed by atoms with Gasteiger partial charge < -0.3 is 14.5 Å². The quantitative estimate of drug-likeness (QED) is 0.142. The Morgan fingerprint density at radius 3 is 2.65 bits per heavy atom. The van der Waals surface area contributed by atoms with Crippen LogP contribution in [0.25, 0.3) is 27.7 Å². The van der Waals surface area contributed by atoms with Gasteiger partial charge in [0.25, 0.3) is 0 Å². The number of esters is 1. The molecule has 10 heteroatoms. The number of halogens is 2. The molecule has 46 heavy (non-hydrogen) atoms. The number of allylic oxidation sites excluding steroid dienone is 2. The molecule has 2 aromatic heterocycles. The summed E-state index contributed by atoms with van der Waals surface area (Å²) in [6.07, 6.45) is 6.71. The van der Waals surface area contributed by atoms with Crippen LogP contribution in [0, 0.1) is 17.7 Å². The molecule has 2 aromatic carbocycles. The number of hydrogen-bond acceptors (Lipinski definition) is 6. The van der Waals surface area contributed by atoms with Gasteiger partial charge in [0.05, 0.1) is 12.8 Å². The van der Waals surface area contributed by atoms with E-state index >= 15 is 0 Å². The van der Waals surface area contributed by atoms with Crippen LogP contribution in [-0.2, 0) is 16.0 Å². The number of H-pyrrole nitrogens is 1. The van der Waals surface area contributed by atoms with Crippen molar-refractivity contribution >= 4 is 34.0 Å². The number of aromatic nitrogens is 4. The van der Waals surface area contributed by atoms with E-state index in [0.29, 0.717) is 41.0 Å². The predicted molar refractivity (Wildman–Crippen MR) is 179 cm³/mol. The Morgan fingerprint density at radius 2 is 1.93 bits per heavy atom. The molecule has 8 nitrogen and oxygen atoms in total. The molecule has 0 radical (unpaired) electrons. The van der Waals surface area contributed by atoms with Crippen LogP contribution in [0.5, 0.6) is 0 Å². The van der Waals surface area contributed by atoms with Gasteiger partial charge in [-0.1, -0.05) is 72.6 Å². The highest BCUT2D eigenvalue weighted by molar-refractivity contribution is 6.29. The highest BCUT2D eigenvalue weighted by atomic mass is 35.5. The lowest BCUT2D eigenvalue weighted by Gasteiger charge is -2.37. The van der Waals surface area contributed by atoms with E-state index in [-0.39, 0.29) is 24.0 Å². The smallest absolute Gasteiger partial charge is 0.355 e. The first-order valence-corrected chi connectivity index (χ1v) is 16.3. The summed E-state index contributed by atoms with van der Waals surface area (Å²) in [5.74, 6) is -0.263. The molecule has 1 aliphatic carbocycles. The third-order valence-corrected chi connectivity index (χ3v) is 9.54. The summed E-state index contributed by atoms with van der Waals surface area (Å²) >= 11 is 7.08. The van der Waals surface area contributed by atoms with Gasteiger partial charge in [-0.3, -0.25) is 9.58 Å². The average molecular weight is 646 g/mol. The molecule has 1 atom stereocenters. The molecule has 0 amide bonds. The molecular formula is C36H41ClFN5O3. The fraction of sp³-hybridized carbons (Fsp3) is 0.417. The average Bonchev–Trinajstić information content (AvgIpc) is 3.67. The van der Waals surface area contributed by atoms with Crippen molar-refractivity contribution in [2.45, 2.75) is 51.6 Å². The molecule has 0 saturated carbocycles. The monoisotopic (exact) mass is 645 g/mol. The Kier molecular flexibility index (Phi) is 9.45. The standard InChI is InChI=1S/C36H41ClFN5O3/c1-23(2)22-46-35(44)34-33(29-17-28(38)10-11-31(29)39-34)32-21-43(41-40-32)19-25-12-14-42(15-13-25)20-27-18-36(37,45-4)30(16-24(27)3)26-8-6-5-7-9-26/h5-11,16-17,21,23,25,39H,12-15,18-20,22H2,1-4H3. The summed E-state index contributed by atoms with van der Waals surface area (Å²) in [4.78, 5) is 18.6.